The van der Waals surface area contributed by atoms with Crippen molar-refractivity contribution in [3.8, 4) is 0 Å². The predicted octanol–water partition coefficient (Wildman–Crippen LogP) is 2.83. The van der Waals surface area contributed by atoms with E-state index in [4.69, 9.17) is 0 Å². The summed E-state index contributed by atoms with van der Waals surface area (Å²) in [7, 11) is 0. The van der Waals surface area contributed by atoms with Gasteiger partial charge in [0.2, 0.25) is 0 Å². The van der Waals surface area contributed by atoms with E-state index in [1.807, 2.05) is 30.2 Å². The van der Waals surface area contributed by atoms with Crippen LogP contribution in [0.4, 0.5) is 0 Å². The van der Waals surface area contributed by atoms with Crippen LogP contribution in [0.25, 0.3) is 0 Å². The molecule has 0 saturated heterocycles. The van der Waals surface area contributed by atoms with Crippen molar-refractivity contribution in [2.24, 2.45) is 0 Å². The zero-order valence-corrected chi connectivity index (χ0v) is 10.7. The molecule has 1 aromatic heterocycles. The summed E-state index contributed by atoms with van der Waals surface area (Å²) >= 11 is 3.82. The number of amides is 1. The number of hydrogen-bond acceptors (Lipinski definition) is 2. The lowest BCUT2D eigenvalue weighted by atomic mass is 10.3. The maximum atomic E-state index is 11.8. The minimum Gasteiger partial charge on any atom is -0.339 e. The molecule has 0 aliphatic rings. The normalized spacial score (nSPS) is 10.1. The smallest absolute Gasteiger partial charge is 0.255 e. The maximum Gasteiger partial charge on any atom is 0.255 e. The van der Waals surface area contributed by atoms with Gasteiger partial charge in [-0.15, -0.1) is 11.3 Å². The molecular weight excluding hydrogens is 297 g/mol. The van der Waals surface area contributed by atoms with E-state index in [0.29, 0.717) is 0 Å². The molecule has 72 valence electrons. The Balaban J connectivity index is 2.84. The van der Waals surface area contributed by atoms with Crippen molar-refractivity contribution in [1.82, 2.24) is 4.90 Å². The highest BCUT2D eigenvalue weighted by Gasteiger charge is 2.15. The van der Waals surface area contributed by atoms with Gasteiger partial charge in [0, 0.05) is 13.1 Å². The van der Waals surface area contributed by atoms with Crippen LogP contribution in [0.5, 0.6) is 0 Å². The Morgan fingerprint density at radius 1 is 1.54 bits per heavy atom. The Hall–Kier alpha value is -0.100. The fourth-order valence-corrected chi connectivity index (χ4v) is 2.58. The van der Waals surface area contributed by atoms with Crippen LogP contribution in [0.2, 0.25) is 0 Å². The molecular formula is C9H12INOS. The van der Waals surface area contributed by atoms with E-state index in [-0.39, 0.29) is 5.91 Å². The fourth-order valence-electron chi connectivity index (χ4n) is 1.13. The summed E-state index contributed by atoms with van der Waals surface area (Å²) in [5.74, 6) is 0.149. The van der Waals surface area contributed by atoms with Crippen molar-refractivity contribution in [1.29, 1.82) is 0 Å². The molecule has 1 aromatic rings. The van der Waals surface area contributed by atoms with Crippen molar-refractivity contribution in [2.75, 3.05) is 13.1 Å². The highest BCUT2D eigenvalue weighted by atomic mass is 127. The van der Waals surface area contributed by atoms with Crippen molar-refractivity contribution in [2.45, 2.75) is 13.8 Å². The lowest BCUT2D eigenvalue weighted by Gasteiger charge is -2.17. The first-order chi connectivity index (χ1) is 6.20. The summed E-state index contributed by atoms with van der Waals surface area (Å²) in [6.07, 6.45) is 0. The Morgan fingerprint density at radius 3 is 2.54 bits per heavy atom. The van der Waals surface area contributed by atoms with Crippen LogP contribution in [-0.4, -0.2) is 23.9 Å². The summed E-state index contributed by atoms with van der Waals surface area (Å²) in [5, 5.41) is 1.96. The van der Waals surface area contributed by atoms with Gasteiger partial charge in [0.15, 0.2) is 0 Å². The van der Waals surface area contributed by atoms with Crippen molar-refractivity contribution >= 4 is 39.8 Å². The van der Waals surface area contributed by atoms with Gasteiger partial charge in [-0.05, 0) is 47.9 Å². The summed E-state index contributed by atoms with van der Waals surface area (Å²) in [6.45, 7) is 5.56. The zero-order chi connectivity index (χ0) is 9.84. The molecule has 0 aliphatic heterocycles. The highest BCUT2D eigenvalue weighted by molar-refractivity contribution is 14.1. The van der Waals surface area contributed by atoms with Crippen LogP contribution in [0, 0.1) is 2.88 Å². The first-order valence-corrected chi connectivity index (χ1v) is 6.18. The van der Waals surface area contributed by atoms with E-state index in [2.05, 4.69) is 22.6 Å². The zero-order valence-electron chi connectivity index (χ0n) is 7.71. The number of carbonyl (C=O) groups excluding carboxylic acids is 1. The molecule has 0 atom stereocenters. The van der Waals surface area contributed by atoms with E-state index >= 15 is 0 Å². The van der Waals surface area contributed by atoms with Crippen molar-refractivity contribution in [3.05, 3.63) is 19.9 Å². The molecule has 13 heavy (non-hydrogen) atoms. The molecule has 4 heteroatoms. The summed E-state index contributed by atoms with van der Waals surface area (Å²) in [4.78, 5) is 13.7. The van der Waals surface area contributed by atoms with E-state index in [1.165, 1.54) is 0 Å². The Bertz CT molecular complexity index is 294. The van der Waals surface area contributed by atoms with Gasteiger partial charge in [-0.1, -0.05) is 0 Å². The SMILES string of the molecule is CCN(CC)C(=O)c1ccsc1I. The van der Waals surface area contributed by atoms with Crippen molar-refractivity contribution < 1.29 is 4.79 Å². The predicted molar refractivity (Wildman–Crippen MR) is 64.3 cm³/mol. The lowest BCUT2D eigenvalue weighted by molar-refractivity contribution is 0.0772. The first kappa shape index (κ1) is 11.0. The molecule has 0 aliphatic carbocycles. The largest absolute Gasteiger partial charge is 0.339 e. The van der Waals surface area contributed by atoms with Crippen LogP contribution < -0.4 is 0 Å². The average molecular weight is 309 g/mol. The number of thiophene rings is 1. The van der Waals surface area contributed by atoms with Gasteiger partial charge in [-0.2, -0.15) is 0 Å². The second-order valence-corrected chi connectivity index (χ2v) is 5.31. The molecule has 2 nitrogen and oxygen atoms in total. The molecule has 0 bridgehead atoms. The van der Waals surface area contributed by atoms with Gasteiger partial charge in [-0.3, -0.25) is 4.79 Å². The average Bonchev–Trinajstić information content (AvgIpc) is 2.53. The minimum atomic E-state index is 0.149. The number of nitrogens with zero attached hydrogens (tertiary/aromatic N) is 1. The molecule has 1 heterocycles. The quantitative estimate of drug-likeness (QED) is 0.786. The third kappa shape index (κ3) is 2.43. The summed E-state index contributed by atoms with van der Waals surface area (Å²) in [6, 6.07) is 1.90. The Morgan fingerprint density at radius 2 is 2.15 bits per heavy atom. The summed E-state index contributed by atoms with van der Waals surface area (Å²) < 4.78 is 1.08. The molecule has 1 amide bonds. The molecule has 0 radical (unpaired) electrons. The molecule has 0 fully saturated rings. The third-order valence-corrected chi connectivity index (χ3v) is 3.94. The number of rotatable bonds is 3. The topological polar surface area (TPSA) is 20.3 Å². The Kier molecular flexibility index (Phi) is 4.18. The van der Waals surface area contributed by atoms with Crippen molar-refractivity contribution in [3.63, 3.8) is 0 Å². The van der Waals surface area contributed by atoms with Crippen LogP contribution in [0.3, 0.4) is 0 Å². The number of hydrogen-bond donors (Lipinski definition) is 0. The molecule has 1 rings (SSSR count). The van der Waals surface area contributed by atoms with Gasteiger partial charge >= 0.3 is 0 Å². The number of carbonyl (C=O) groups is 1. The van der Waals surface area contributed by atoms with Crippen LogP contribution in [0.15, 0.2) is 11.4 Å². The standard InChI is InChI=1S/C9H12INOS/c1-3-11(4-2)9(12)7-5-6-13-8(7)10/h5-6H,3-4H2,1-2H3. The van der Waals surface area contributed by atoms with E-state index < -0.39 is 0 Å². The van der Waals surface area contributed by atoms with Crippen LogP contribution in [-0.2, 0) is 0 Å². The summed E-state index contributed by atoms with van der Waals surface area (Å²) in [5.41, 5.74) is 0.842. The van der Waals surface area contributed by atoms with Gasteiger partial charge in [0.25, 0.3) is 5.91 Å². The molecule has 0 spiro atoms. The first-order valence-electron chi connectivity index (χ1n) is 4.23. The third-order valence-electron chi connectivity index (χ3n) is 1.90. The van der Waals surface area contributed by atoms with Gasteiger partial charge in [-0.25, -0.2) is 0 Å². The maximum absolute atomic E-state index is 11.8. The lowest BCUT2D eigenvalue weighted by Crippen LogP contribution is -2.30. The molecule has 0 unspecified atom stereocenters. The van der Waals surface area contributed by atoms with E-state index in [0.717, 1.165) is 21.5 Å². The highest BCUT2D eigenvalue weighted by Crippen LogP contribution is 2.20. The van der Waals surface area contributed by atoms with Gasteiger partial charge in [0.1, 0.15) is 0 Å². The minimum absolute atomic E-state index is 0.149. The number of halogens is 1. The molecule has 0 aromatic carbocycles. The van der Waals surface area contributed by atoms with Gasteiger partial charge < -0.3 is 4.90 Å². The van der Waals surface area contributed by atoms with Gasteiger partial charge in [0.05, 0.1) is 8.45 Å². The molecule has 0 N–H and O–H groups in total. The van der Waals surface area contributed by atoms with Crippen LogP contribution in [0.1, 0.15) is 24.2 Å². The Labute approximate surface area is 96.1 Å². The molecule has 0 saturated carbocycles. The van der Waals surface area contributed by atoms with Crippen LogP contribution >= 0.6 is 33.9 Å². The monoisotopic (exact) mass is 309 g/mol. The van der Waals surface area contributed by atoms with E-state index in [9.17, 15) is 4.79 Å². The fraction of sp³-hybridized carbons (Fsp3) is 0.444. The second-order valence-electron chi connectivity index (χ2n) is 2.59. The second kappa shape index (κ2) is 4.95. The van der Waals surface area contributed by atoms with E-state index in [1.54, 1.807) is 11.3 Å².